The molecular weight excluding hydrogens is 340 g/mol. The molecule has 0 spiro atoms. The van der Waals surface area contributed by atoms with Crippen molar-refractivity contribution in [2.75, 3.05) is 19.7 Å². The summed E-state index contributed by atoms with van der Waals surface area (Å²) in [6.45, 7) is 2.09. The molecule has 1 saturated heterocycles. The highest BCUT2D eigenvalue weighted by atomic mass is 35.5. The number of piperidine rings is 1. The third kappa shape index (κ3) is 3.72. The van der Waals surface area contributed by atoms with Crippen molar-refractivity contribution in [2.24, 2.45) is 0 Å². The molecule has 2 fully saturated rings. The molecule has 1 atom stereocenters. The van der Waals surface area contributed by atoms with Crippen molar-refractivity contribution < 1.29 is 14.3 Å². The van der Waals surface area contributed by atoms with E-state index in [1.807, 2.05) is 23.1 Å². The summed E-state index contributed by atoms with van der Waals surface area (Å²) >= 11 is 6.20. The number of fused-ring (bicyclic) bond motifs is 1. The molecule has 4 rings (SSSR count). The van der Waals surface area contributed by atoms with Gasteiger partial charge in [-0.15, -0.1) is 0 Å². The summed E-state index contributed by atoms with van der Waals surface area (Å²) < 4.78 is 11.7. The number of hydrogen-bond donors (Lipinski definition) is 1. The lowest BCUT2D eigenvalue weighted by atomic mass is 9.95. The molecule has 1 saturated carbocycles. The van der Waals surface area contributed by atoms with Gasteiger partial charge in [0.2, 0.25) is 0 Å². The zero-order valence-corrected chi connectivity index (χ0v) is 15.1. The number of benzene rings is 1. The summed E-state index contributed by atoms with van der Waals surface area (Å²) in [4.78, 5) is 14.6. The molecule has 5 nitrogen and oxygen atoms in total. The average Bonchev–Trinajstić information content (AvgIpc) is 2.59. The summed E-state index contributed by atoms with van der Waals surface area (Å²) in [6, 6.07) is 5.65. The predicted molar refractivity (Wildman–Crippen MR) is 96.2 cm³/mol. The molecule has 1 aromatic carbocycles. The van der Waals surface area contributed by atoms with Gasteiger partial charge in [0.05, 0.1) is 29.9 Å². The van der Waals surface area contributed by atoms with Gasteiger partial charge in [0.15, 0.2) is 0 Å². The average molecular weight is 365 g/mol. The van der Waals surface area contributed by atoms with Gasteiger partial charge >= 0.3 is 6.03 Å². The Morgan fingerprint density at radius 2 is 1.92 bits per heavy atom. The zero-order chi connectivity index (χ0) is 17.2. The van der Waals surface area contributed by atoms with Crippen LogP contribution >= 0.6 is 11.6 Å². The Morgan fingerprint density at radius 1 is 1.16 bits per heavy atom. The molecule has 3 aliphatic rings. The van der Waals surface area contributed by atoms with Crippen LogP contribution in [-0.2, 0) is 4.74 Å². The molecule has 1 aromatic rings. The van der Waals surface area contributed by atoms with E-state index in [-0.39, 0.29) is 12.1 Å². The maximum absolute atomic E-state index is 12.7. The minimum Gasteiger partial charge on any atom is -0.492 e. The standard InChI is InChI=1S/C19H25ClN2O3/c20-16-6-2-5-15-17(9-12-24-18(15)16)21-19(23)22-10-7-14(8-11-22)25-13-3-1-4-13/h2,5-6,13-14,17H,1,3-4,7-12H2,(H,21,23). The third-order valence-electron chi connectivity index (χ3n) is 5.49. The van der Waals surface area contributed by atoms with Crippen LogP contribution in [0.15, 0.2) is 18.2 Å². The van der Waals surface area contributed by atoms with E-state index in [4.69, 9.17) is 21.1 Å². The van der Waals surface area contributed by atoms with Crippen LogP contribution in [0.5, 0.6) is 5.75 Å². The number of halogens is 1. The molecule has 136 valence electrons. The van der Waals surface area contributed by atoms with E-state index in [2.05, 4.69) is 5.32 Å². The Balaban J connectivity index is 1.32. The van der Waals surface area contributed by atoms with Gasteiger partial charge in [-0.05, 0) is 38.2 Å². The summed E-state index contributed by atoms with van der Waals surface area (Å²) in [5, 5.41) is 3.76. The Bertz CT molecular complexity index is 627. The number of nitrogens with one attached hydrogen (secondary N) is 1. The van der Waals surface area contributed by atoms with Crippen molar-refractivity contribution in [1.29, 1.82) is 0 Å². The second-order valence-electron chi connectivity index (χ2n) is 7.17. The smallest absolute Gasteiger partial charge is 0.317 e. The number of carbonyl (C=O) groups is 1. The molecule has 0 radical (unpaired) electrons. The van der Waals surface area contributed by atoms with Gasteiger partial charge in [-0.2, -0.15) is 0 Å². The lowest BCUT2D eigenvalue weighted by Gasteiger charge is -2.37. The van der Waals surface area contributed by atoms with Gasteiger partial charge in [0.25, 0.3) is 0 Å². The number of para-hydroxylation sites is 1. The normalized spacial score (nSPS) is 24.2. The van der Waals surface area contributed by atoms with Crippen molar-refractivity contribution in [3.05, 3.63) is 28.8 Å². The third-order valence-corrected chi connectivity index (χ3v) is 5.79. The maximum atomic E-state index is 12.7. The number of carbonyl (C=O) groups excluding carboxylic acids is 1. The van der Waals surface area contributed by atoms with Crippen molar-refractivity contribution in [1.82, 2.24) is 10.2 Å². The lowest BCUT2D eigenvalue weighted by Crippen LogP contribution is -2.48. The number of urea groups is 1. The number of nitrogens with zero attached hydrogens (tertiary/aromatic N) is 1. The fourth-order valence-electron chi connectivity index (χ4n) is 3.75. The van der Waals surface area contributed by atoms with Gasteiger partial charge in [0, 0.05) is 25.1 Å². The Hall–Kier alpha value is -1.46. The van der Waals surface area contributed by atoms with Crippen LogP contribution in [0, 0.1) is 0 Å². The first-order valence-electron chi connectivity index (χ1n) is 9.33. The quantitative estimate of drug-likeness (QED) is 0.884. The van der Waals surface area contributed by atoms with E-state index in [1.54, 1.807) is 0 Å². The number of hydrogen-bond acceptors (Lipinski definition) is 3. The molecule has 1 unspecified atom stereocenters. The molecule has 2 amide bonds. The Kier molecular flexibility index (Phi) is 5.04. The number of likely N-dealkylation sites (tertiary alicyclic amines) is 1. The molecule has 0 aromatic heterocycles. The van der Waals surface area contributed by atoms with Crippen molar-refractivity contribution >= 4 is 17.6 Å². The van der Waals surface area contributed by atoms with E-state index in [0.717, 1.165) is 37.9 Å². The van der Waals surface area contributed by atoms with Crippen LogP contribution < -0.4 is 10.1 Å². The van der Waals surface area contributed by atoms with Gasteiger partial charge in [-0.3, -0.25) is 0 Å². The lowest BCUT2D eigenvalue weighted by molar-refractivity contribution is -0.0698. The fourth-order valence-corrected chi connectivity index (χ4v) is 3.99. The molecule has 2 heterocycles. The van der Waals surface area contributed by atoms with Crippen LogP contribution in [0.4, 0.5) is 4.79 Å². The van der Waals surface area contributed by atoms with Crippen molar-refractivity contribution in [3.63, 3.8) is 0 Å². The summed E-state index contributed by atoms with van der Waals surface area (Å²) in [6.07, 6.45) is 7.10. The van der Waals surface area contributed by atoms with E-state index in [0.29, 0.717) is 29.6 Å². The van der Waals surface area contributed by atoms with E-state index in [9.17, 15) is 4.79 Å². The monoisotopic (exact) mass is 364 g/mol. The highest BCUT2D eigenvalue weighted by molar-refractivity contribution is 6.32. The molecule has 1 N–H and O–H groups in total. The predicted octanol–water partition coefficient (Wildman–Crippen LogP) is 3.91. The van der Waals surface area contributed by atoms with Crippen LogP contribution in [0.25, 0.3) is 0 Å². The molecule has 1 aliphatic carbocycles. The molecule has 6 heteroatoms. The first-order chi connectivity index (χ1) is 12.2. The fraction of sp³-hybridized carbons (Fsp3) is 0.632. The van der Waals surface area contributed by atoms with Gasteiger partial charge < -0.3 is 19.7 Å². The van der Waals surface area contributed by atoms with E-state index in [1.165, 1.54) is 19.3 Å². The van der Waals surface area contributed by atoms with Gasteiger partial charge in [0.1, 0.15) is 5.75 Å². The summed E-state index contributed by atoms with van der Waals surface area (Å²) in [7, 11) is 0. The van der Waals surface area contributed by atoms with Crippen LogP contribution in [0.1, 0.15) is 50.1 Å². The zero-order valence-electron chi connectivity index (χ0n) is 14.4. The number of rotatable bonds is 3. The first-order valence-corrected chi connectivity index (χ1v) is 9.70. The topological polar surface area (TPSA) is 50.8 Å². The minimum absolute atomic E-state index is 0.0000744. The van der Waals surface area contributed by atoms with Crippen LogP contribution in [-0.4, -0.2) is 42.8 Å². The molecular formula is C19H25ClN2O3. The Morgan fingerprint density at radius 3 is 2.64 bits per heavy atom. The van der Waals surface area contributed by atoms with Gasteiger partial charge in [-0.25, -0.2) is 4.79 Å². The summed E-state index contributed by atoms with van der Waals surface area (Å²) in [5.74, 6) is 0.702. The largest absolute Gasteiger partial charge is 0.492 e. The van der Waals surface area contributed by atoms with E-state index >= 15 is 0 Å². The second kappa shape index (κ2) is 7.42. The first kappa shape index (κ1) is 17.0. The van der Waals surface area contributed by atoms with Gasteiger partial charge in [-0.1, -0.05) is 23.7 Å². The highest BCUT2D eigenvalue weighted by Crippen LogP contribution is 2.37. The summed E-state index contributed by atoms with van der Waals surface area (Å²) in [5.41, 5.74) is 0.968. The minimum atomic E-state index is -0.0427. The van der Waals surface area contributed by atoms with E-state index < -0.39 is 0 Å². The van der Waals surface area contributed by atoms with Crippen LogP contribution in [0.2, 0.25) is 5.02 Å². The highest BCUT2D eigenvalue weighted by Gasteiger charge is 2.30. The molecule has 0 bridgehead atoms. The van der Waals surface area contributed by atoms with Crippen molar-refractivity contribution in [2.45, 2.75) is 56.8 Å². The molecule has 2 aliphatic heterocycles. The number of ether oxygens (including phenoxy) is 2. The number of amides is 2. The second-order valence-corrected chi connectivity index (χ2v) is 7.58. The molecule has 25 heavy (non-hydrogen) atoms. The van der Waals surface area contributed by atoms with Crippen LogP contribution in [0.3, 0.4) is 0 Å². The SMILES string of the molecule is O=C(NC1CCOc2c(Cl)cccc21)N1CCC(OC2CCC2)CC1. The maximum Gasteiger partial charge on any atom is 0.317 e. The van der Waals surface area contributed by atoms with Crippen molar-refractivity contribution in [3.8, 4) is 5.75 Å². The Labute approximate surface area is 153 Å².